The van der Waals surface area contributed by atoms with Gasteiger partial charge in [0.15, 0.2) is 0 Å². The molecule has 0 aliphatic heterocycles. The van der Waals surface area contributed by atoms with Crippen LogP contribution < -0.4 is 0 Å². The highest BCUT2D eigenvalue weighted by Gasteiger charge is 1.82. The largest absolute Gasteiger partial charge is 0.394 e. The van der Waals surface area contributed by atoms with E-state index in [9.17, 15) is 0 Å². The maximum Gasteiger partial charge on any atom is 0.0701 e. The quantitative estimate of drug-likeness (QED) is 0.506. The van der Waals surface area contributed by atoms with E-state index < -0.39 is 13.2 Å². The van der Waals surface area contributed by atoms with E-state index in [0.29, 0.717) is 6.61 Å². The fourth-order valence-electron chi connectivity index (χ4n) is 0.243. The number of aliphatic hydroxyl groups excluding tert-OH is 1. The summed E-state index contributed by atoms with van der Waals surface area (Å²) in [5, 5.41) is 8.35. The summed E-state index contributed by atoms with van der Waals surface area (Å²) in [6.07, 6.45) is 0. The molecule has 0 aromatic heterocycles. The van der Waals surface area contributed by atoms with Gasteiger partial charge < -0.3 is 14.6 Å². The first-order valence-electron chi connectivity index (χ1n) is 3.36. The predicted octanol–water partition coefficient (Wildman–Crippen LogP) is -0.358. The lowest BCUT2D eigenvalue weighted by Gasteiger charge is -1.98. The average Bonchev–Trinajstić information content (AvgIpc) is 1.89. The molecule has 0 rings (SSSR count). The van der Waals surface area contributed by atoms with E-state index in [0.717, 1.165) is 0 Å². The molecule has 3 nitrogen and oxygen atoms in total. The smallest absolute Gasteiger partial charge is 0.0701 e. The van der Waals surface area contributed by atoms with E-state index in [1.807, 2.05) is 0 Å². The second-order valence-corrected chi connectivity index (χ2v) is 1.14. The van der Waals surface area contributed by atoms with Crippen LogP contribution in [0.2, 0.25) is 0 Å². The van der Waals surface area contributed by atoms with Crippen molar-refractivity contribution in [3.63, 3.8) is 0 Å². The van der Waals surface area contributed by atoms with Crippen molar-refractivity contribution in [1.82, 2.24) is 0 Å². The summed E-state index contributed by atoms with van der Waals surface area (Å²) in [6, 6.07) is 0. The lowest BCUT2D eigenvalue weighted by Crippen LogP contribution is -2.05. The van der Waals surface area contributed by atoms with Crippen molar-refractivity contribution in [3.05, 3.63) is 0 Å². The molecule has 0 fully saturated rings. The third kappa shape index (κ3) is 5.88. The molecule has 0 aromatic carbocycles. The summed E-state index contributed by atoms with van der Waals surface area (Å²) in [7, 11) is 1.50. The Morgan fingerprint density at radius 1 is 1.62 bits per heavy atom. The molecule has 0 unspecified atom stereocenters. The minimum atomic E-state index is -1.93. The maximum atomic E-state index is 8.35. The van der Waals surface area contributed by atoms with Crippen molar-refractivity contribution < 1.29 is 17.3 Å². The Kier molecular flexibility index (Phi) is 4.07. The Labute approximate surface area is 52.0 Å². The van der Waals surface area contributed by atoms with Crippen molar-refractivity contribution in [2.24, 2.45) is 0 Å². The van der Waals surface area contributed by atoms with Crippen molar-refractivity contribution in [2.75, 3.05) is 33.5 Å². The highest BCUT2D eigenvalue weighted by Crippen LogP contribution is 1.72. The molecule has 0 radical (unpaired) electrons. The van der Waals surface area contributed by atoms with Crippen molar-refractivity contribution >= 4 is 0 Å². The van der Waals surface area contributed by atoms with Gasteiger partial charge in [0, 0.05) is 7.11 Å². The minimum absolute atomic E-state index is 0.157. The average molecular weight is 122 g/mol. The molecule has 0 aliphatic rings. The summed E-state index contributed by atoms with van der Waals surface area (Å²) in [5.41, 5.74) is 0. The van der Waals surface area contributed by atoms with Gasteiger partial charge in [-0.05, 0) is 0 Å². The standard InChI is InChI=1S/C5H12O3/c1-7-4-5-8-3-2-6/h6H,2-5H2,1H3/i3D2. The van der Waals surface area contributed by atoms with Gasteiger partial charge in [-0.3, -0.25) is 0 Å². The van der Waals surface area contributed by atoms with Gasteiger partial charge in [0.1, 0.15) is 0 Å². The highest BCUT2D eigenvalue weighted by molar-refractivity contribution is 4.26. The fourth-order valence-corrected chi connectivity index (χ4v) is 0.243. The number of rotatable bonds is 5. The molecule has 1 N–H and O–H groups in total. The first kappa shape index (κ1) is 4.73. The van der Waals surface area contributed by atoms with Gasteiger partial charge in [0.25, 0.3) is 0 Å². The summed E-state index contributed by atoms with van der Waals surface area (Å²) >= 11 is 0. The number of ether oxygens (including phenoxy) is 2. The molecule has 3 heteroatoms. The summed E-state index contributed by atoms with van der Waals surface area (Å²) in [6.45, 7) is -2.07. The Morgan fingerprint density at radius 3 is 2.88 bits per heavy atom. The van der Waals surface area contributed by atoms with Crippen LogP contribution in [0.25, 0.3) is 0 Å². The van der Waals surface area contributed by atoms with Crippen LogP contribution in [0, 0.1) is 0 Å². The third-order valence-electron chi connectivity index (χ3n) is 0.556. The summed E-state index contributed by atoms with van der Waals surface area (Å²) < 4.78 is 23.0. The molecule has 0 saturated heterocycles. The Balaban J connectivity index is 3.28. The molecule has 50 valence electrons. The predicted molar refractivity (Wildman–Crippen MR) is 29.8 cm³/mol. The maximum absolute atomic E-state index is 8.35. The zero-order valence-electron chi connectivity index (χ0n) is 6.89. The van der Waals surface area contributed by atoms with Crippen LogP contribution in [0.3, 0.4) is 0 Å². The molecule has 0 heterocycles. The van der Waals surface area contributed by atoms with Gasteiger partial charge in [-0.1, -0.05) is 0 Å². The van der Waals surface area contributed by atoms with E-state index in [-0.39, 0.29) is 6.61 Å². The number of hydrogen-bond acceptors (Lipinski definition) is 3. The van der Waals surface area contributed by atoms with Gasteiger partial charge in [-0.2, -0.15) is 0 Å². The van der Waals surface area contributed by atoms with Crippen LogP contribution in [0.4, 0.5) is 0 Å². The van der Waals surface area contributed by atoms with Gasteiger partial charge in [0.05, 0.1) is 29.1 Å². The minimum Gasteiger partial charge on any atom is -0.394 e. The van der Waals surface area contributed by atoms with Crippen LogP contribution in [-0.2, 0) is 9.47 Å². The Morgan fingerprint density at radius 2 is 2.38 bits per heavy atom. The second-order valence-electron chi connectivity index (χ2n) is 1.14. The van der Waals surface area contributed by atoms with E-state index in [1.165, 1.54) is 7.11 Å². The first-order chi connectivity index (χ1) is 4.62. The summed E-state index contributed by atoms with van der Waals surface area (Å²) in [5.74, 6) is 0. The van der Waals surface area contributed by atoms with E-state index in [4.69, 9.17) is 7.85 Å². The first-order valence-corrected chi connectivity index (χ1v) is 2.36. The van der Waals surface area contributed by atoms with Crippen LogP contribution in [-0.4, -0.2) is 38.6 Å². The van der Waals surface area contributed by atoms with Gasteiger partial charge in [0.2, 0.25) is 0 Å². The Bertz CT molecular complexity index is 87.0. The topological polar surface area (TPSA) is 38.7 Å². The molecule has 8 heavy (non-hydrogen) atoms. The fraction of sp³-hybridized carbons (Fsp3) is 1.00. The van der Waals surface area contributed by atoms with Crippen molar-refractivity contribution in [1.29, 1.82) is 0 Å². The molecule has 0 spiro atoms. The molecule has 0 bridgehead atoms. The van der Waals surface area contributed by atoms with Crippen LogP contribution in [0.15, 0.2) is 0 Å². The SMILES string of the molecule is [2H]C([2H])(CO)OCCOC. The van der Waals surface area contributed by atoms with Crippen LogP contribution in [0.1, 0.15) is 2.74 Å². The lowest BCUT2D eigenvalue weighted by atomic mass is 10.7. The molecular weight excluding hydrogens is 108 g/mol. The molecular formula is C5H12O3. The number of methoxy groups -OCH3 is 1. The van der Waals surface area contributed by atoms with Gasteiger partial charge >= 0.3 is 0 Å². The monoisotopic (exact) mass is 122 g/mol. The number of aliphatic hydroxyl groups is 1. The second kappa shape index (κ2) is 6.88. The van der Waals surface area contributed by atoms with Crippen molar-refractivity contribution in [2.45, 2.75) is 0 Å². The van der Waals surface area contributed by atoms with Gasteiger partial charge in [-0.15, -0.1) is 0 Å². The molecule has 0 aromatic rings. The van der Waals surface area contributed by atoms with E-state index >= 15 is 0 Å². The number of hydrogen-bond donors (Lipinski definition) is 1. The van der Waals surface area contributed by atoms with Crippen molar-refractivity contribution in [3.8, 4) is 0 Å². The Hall–Kier alpha value is -0.120. The molecule has 0 aliphatic carbocycles. The summed E-state index contributed by atoms with van der Waals surface area (Å²) in [4.78, 5) is 0. The molecule has 0 atom stereocenters. The van der Waals surface area contributed by atoms with E-state index in [1.54, 1.807) is 0 Å². The molecule has 0 amide bonds. The zero-order chi connectivity index (χ0) is 8.04. The lowest BCUT2D eigenvalue weighted by molar-refractivity contribution is 0.0500. The highest BCUT2D eigenvalue weighted by atomic mass is 16.5. The van der Waals surface area contributed by atoms with Crippen LogP contribution >= 0.6 is 0 Å². The third-order valence-corrected chi connectivity index (χ3v) is 0.556. The molecule has 0 saturated carbocycles. The normalized spacial score (nSPS) is 15.2. The zero-order valence-corrected chi connectivity index (χ0v) is 4.89. The van der Waals surface area contributed by atoms with Crippen LogP contribution in [0.5, 0.6) is 0 Å². The van der Waals surface area contributed by atoms with E-state index in [2.05, 4.69) is 9.47 Å². The van der Waals surface area contributed by atoms with Gasteiger partial charge in [-0.25, -0.2) is 0 Å².